The summed E-state index contributed by atoms with van der Waals surface area (Å²) < 4.78 is 0. The highest BCUT2D eigenvalue weighted by atomic mass is 16.3. The van der Waals surface area contributed by atoms with Crippen molar-refractivity contribution >= 4 is 11.8 Å². The maximum Gasteiger partial charge on any atom is 0.251 e. The Labute approximate surface area is 169 Å². The zero-order valence-corrected chi connectivity index (χ0v) is 15.8. The average molecular weight is 389 g/mol. The molecule has 6 N–H and O–H groups in total. The van der Waals surface area contributed by atoms with Gasteiger partial charge in [-0.2, -0.15) is 0 Å². The van der Waals surface area contributed by atoms with E-state index >= 15 is 0 Å². The first kappa shape index (κ1) is 20.1. The third-order valence-corrected chi connectivity index (χ3v) is 4.67. The molecule has 29 heavy (non-hydrogen) atoms. The van der Waals surface area contributed by atoms with Gasteiger partial charge in [0.15, 0.2) is 0 Å². The van der Waals surface area contributed by atoms with Crippen LogP contribution in [0.3, 0.4) is 0 Å². The summed E-state index contributed by atoms with van der Waals surface area (Å²) in [7, 11) is 0. The lowest BCUT2D eigenvalue weighted by atomic mass is 10.0. The van der Waals surface area contributed by atoms with Crippen LogP contribution in [0.1, 0.15) is 21.5 Å². The van der Waals surface area contributed by atoms with E-state index in [2.05, 4.69) is 5.32 Å². The molecule has 0 bridgehead atoms. The molecule has 0 saturated carbocycles. The highest BCUT2D eigenvalue weighted by Gasteiger charge is 2.19. The summed E-state index contributed by atoms with van der Waals surface area (Å²) in [5.74, 6) is -0.873. The predicted molar refractivity (Wildman–Crippen MR) is 112 cm³/mol. The molecule has 0 aliphatic carbocycles. The molecule has 0 fully saturated rings. The quantitative estimate of drug-likeness (QED) is 0.496. The van der Waals surface area contributed by atoms with Crippen molar-refractivity contribution in [1.82, 2.24) is 5.32 Å². The van der Waals surface area contributed by atoms with Crippen molar-refractivity contribution in [1.29, 1.82) is 0 Å². The molecule has 6 heteroatoms. The van der Waals surface area contributed by atoms with E-state index in [1.54, 1.807) is 24.3 Å². The summed E-state index contributed by atoms with van der Waals surface area (Å²) >= 11 is 0. The Kier molecular flexibility index (Phi) is 6.26. The molecule has 3 rings (SSSR count). The van der Waals surface area contributed by atoms with Crippen LogP contribution in [0.5, 0.6) is 5.75 Å². The SMILES string of the molecule is NCc1cccc(-c2ccc(C(=O)N[C@H](Cc3ccc(O)cc3)C(N)=O)cc2)c1. The molecule has 3 aromatic rings. The standard InChI is InChI=1S/C23H23N3O3/c24-14-16-2-1-3-19(12-16)17-6-8-18(9-7-17)23(29)26-21(22(25)28)13-15-4-10-20(27)11-5-15/h1-12,21,27H,13-14,24H2,(H2,25,28)(H,26,29)/t21-/m1/s1. The van der Waals surface area contributed by atoms with Crippen molar-refractivity contribution < 1.29 is 14.7 Å². The van der Waals surface area contributed by atoms with Gasteiger partial charge in [-0.05, 0) is 52.6 Å². The highest BCUT2D eigenvalue weighted by molar-refractivity contribution is 5.97. The summed E-state index contributed by atoms with van der Waals surface area (Å²) in [6.07, 6.45) is 0.241. The first-order valence-corrected chi connectivity index (χ1v) is 9.24. The zero-order chi connectivity index (χ0) is 20.8. The molecule has 3 aromatic carbocycles. The monoisotopic (exact) mass is 389 g/mol. The largest absolute Gasteiger partial charge is 0.508 e. The molecule has 0 radical (unpaired) electrons. The second-order valence-corrected chi connectivity index (χ2v) is 6.78. The molecule has 6 nitrogen and oxygen atoms in total. The second-order valence-electron chi connectivity index (χ2n) is 6.78. The van der Waals surface area contributed by atoms with Gasteiger partial charge in [-0.3, -0.25) is 9.59 Å². The van der Waals surface area contributed by atoms with E-state index in [-0.39, 0.29) is 18.1 Å². The number of phenolic OH excluding ortho intramolecular Hbond substituents is 1. The van der Waals surface area contributed by atoms with E-state index in [4.69, 9.17) is 11.5 Å². The van der Waals surface area contributed by atoms with Gasteiger partial charge >= 0.3 is 0 Å². The first-order valence-electron chi connectivity index (χ1n) is 9.24. The summed E-state index contributed by atoms with van der Waals surface area (Å²) in [5, 5.41) is 12.0. The Morgan fingerprint density at radius 1 is 0.897 bits per heavy atom. The van der Waals surface area contributed by atoms with E-state index in [0.29, 0.717) is 12.1 Å². The lowest BCUT2D eigenvalue weighted by molar-refractivity contribution is -0.119. The van der Waals surface area contributed by atoms with E-state index in [1.165, 1.54) is 12.1 Å². The second kappa shape index (κ2) is 9.03. The van der Waals surface area contributed by atoms with Crippen molar-refractivity contribution in [2.24, 2.45) is 11.5 Å². The Bertz CT molecular complexity index is 999. The molecular formula is C23H23N3O3. The number of nitrogens with one attached hydrogen (secondary N) is 1. The number of aromatic hydroxyl groups is 1. The number of carbonyl (C=O) groups excluding carboxylic acids is 2. The van der Waals surface area contributed by atoms with Crippen LogP contribution in [0.2, 0.25) is 0 Å². The van der Waals surface area contributed by atoms with E-state index in [0.717, 1.165) is 22.3 Å². The van der Waals surface area contributed by atoms with Gasteiger partial charge in [-0.15, -0.1) is 0 Å². The summed E-state index contributed by atoms with van der Waals surface area (Å²) in [6.45, 7) is 0.462. The fourth-order valence-corrected chi connectivity index (χ4v) is 3.02. The Balaban J connectivity index is 1.71. The minimum atomic E-state index is -0.854. The van der Waals surface area contributed by atoms with Gasteiger partial charge in [-0.1, -0.05) is 42.5 Å². The van der Waals surface area contributed by atoms with Crippen LogP contribution in [-0.2, 0) is 17.8 Å². The van der Waals surface area contributed by atoms with Crippen molar-refractivity contribution in [2.45, 2.75) is 19.0 Å². The molecule has 0 aliphatic heterocycles. The smallest absolute Gasteiger partial charge is 0.251 e. The first-order chi connectivity index (χ1) is 14.0. The van der Waals surface area contributed by atoms with Crippen LogP contribution in [0.15, 0.2) is 72.8 Å². The summed E-state index contributed by atoms with van der Waals surface area (Å²) in [4.78, 5) is 24.4. The number of amides is 2. The predicted octanol–water partition coefficient (Wildman–Crippen LogP) is 2.34. The Hall–Kier alpha value is -3.64. The molecular weight excluding hydrogens is 366 g/mol. The van der Waals surface area contributed by atoms with Crippen LogP contribution in [0.25, 0.3) is 11.1 Å². The van der Waals surface area contributed by atoms with Gasteiger partial charge in [0.1, 0.15) is 11.8 Å². The molecule has 2 amide bonds. The van der Waals surface area contributed by atoms with Crippen molar-refractivity contribution in [2.75, 3.05) is 0 Å². The van der Waals surface area contributed by atoms with Gasteiger partial charge in [-0.25, -0.2) is 0 Å². The van der Waals surface area contributed by atoms with Crippen LogP contribution in [0, 0.1) is 0 Å². The fourth-order valence-electron chi connectivity index (χ4n) is 3.02. The molecule has 0 aromatic heterocycles. The zero-order valence-electron chi connectivity index (χ0n) is 15.8. The number of hydrogen-bond acceptors (Lipinski definition) is 4. The number of nitrogens with two attached hydrogens (primary N) is 2. The molecule has 0 spiro atoms. The topological polar surface area (TPSA) is 118 Å². The van der Waals surface area contributed by atoms with Crippen molar-refractivity contribution in [3.63, 3.8) is 0 Å². The van der Waals surface area contributed by atoms with Crippen LogP contribution < -0.4 is 16.8 Å². The van der Waals surface area contributed by atoms with Gasteiger partial charge < -0.3 is 21.9 Å². The normalized spacial score (nSPS) is 11.6. The molecule has 0 aliphatic rings. The summed E-state index contributed by atoms with van der Waals surface area (Å²) in [6, 6.07) is 20.6. The molecule has 0 saturated heterocycles. The number of hydrogen-bond donors (Lipinski definition) is 4. The van der Waals surface area contributed by atoms with Gasteiger partial charge in [0.25, 0.3) is 5.91 Å². The number of rotatable bonds is 7. The van der Waals surface area contributed by atoms with Gasteiger partial charge in [0, 0.05) is 18.5 Å². The molecule has 0 unspecified atom stereocenters. The maximum absolute atomic E-state index is 12.6. The number of carbonyl (C=O) groups is 2. The molecule has 0 heterocycles. The highest BCUT2D eigenvalue weighted by Crippen LogP contribution is 2.21. The van der Waals surface area contributed by atoms with Crippen molar-refractivity contribution in [3.8, 4) is 16.9 Å². The minimum Gasteiger partial charge on any atom is -0.508 e. The Morgan fingerprint density at radius 2 is 1.59 bits per heavy atom. The van der Waals surface area contributed by atoms with Crippen LogP contribution in [-0.4, -0.2) is 23.0 Å². The summed E-state index contributed by atoms with van der Waals surface area (Å²) in [5.41, 5.74) is 15.4. The Morgan fingerprint density at radius 3 is 2.21 bits per heavy atom. The third kappa shape index (κ3) is 5.21. The van der Waals surface area contributed by atoms with E-state index in [9.17, 15) is 14.7 Å². The minimum absolute atomic E-state index is 0.130. The average Bonchev–Trinajstić information content (AvgIpc) is 2.74. The van der Waals surface area contributed by atoms with E-state index < -0.39 is 11.9 Å². The lowest BCUT2D eigenvalue weighted by Gasteiger charge is -2.16. The number of benzene rings is 3. The maximum atomic E-state index is 12.6. The van der Waals surface area contributed by atoms with Crippen LogP contribution >= 0.6 is 0 Å². The number of primary amides is 1. The molecule has 1 atom stereocenters. The van der Waals surface area contributed by atoms with E-state index in [1.807, 2.05) is 36.4 Å². The third-order valence-electron chi connectivity index (χ3n) is 4.67. The lowest BCUT2D eigenvalue weighted by Crippen LogP contribution is -2.45. The van der Waals surface area contributed by atoms with Crippen LogP contribution in [0.4, 0.5) is 0 Å². The fraction of sp³-hybridized carbons (Fsp3) is 0.130. The van der Waals surface area contributed by atoms with Gasteiger partial charge in [0.05, 0.1) is 0 Å². The van der Waals surface area contributed by atoms with Gasteiger partial charge in [0.2, 0.25) is 5.91 Å². The molecule has 148 valence electrons. The van der Waals surface area contributed by atoms with Crippen molar-refractivity contribution in [3.05, 3.63) is 89.5 Å². The number of phenols is 1.